The molecule has 1 unspecified atom stereocenters. The molecule has 0 aromatic heterocycles. The number of hydrogen-bond donors (Lipinski definition) is 0. The highest BCUT2D eigenvalue weighted by atomic mass is 31.1. The van der Waals surface area contributed by atoms with Crippen LogP contribution in [0.25, 0.3) is 5.57 Å². The van der Waals surface area contributed by atoms with Crippen molar-refractivity contribution in [2.75, 3.05) is 12.3 Å². The van der Waals surface area contributed by atoms with Crippen molar-refractivity contribution in [2.45, 2.75) is 110 Å². The summed E-state index contributed by atoms with van der Waals surface area (Å²) in [6, 6.07) is 22.5. The van der Waals surface area contributed by atoms with Crippen molar-refractivity contribution in [3.05, 3.63) is 89.0 Å². The highest BCUT2D eigenvalue weighted by Crippen LogP contribution is 2.65. The quantitative estimate of drug-likeness (QED) is 0.323. The van der Waals surface area contributed by atoms with Crippen LogP contribution in [0, 0.1) is 0 Å². The fourth-order valence-corrected chi connectivity index (χ4v) is 13.6. The third-order valence-corrected chi connectivity index (χ3v) is 15.3. The van der Waals surface area contributed by atoms with E-state index in [9.17, 15) is 0 Å². The van der Waals surface area contributed by atoms with Crippen LogP contribution >= 0.6 is 15.8 Å². The van der Waals surface area contributed by atoms with Crippen LogP contribution in [0.5, 0.6) is 0 Å². The Morgan fingerprint density at radius 2 is 0.946 bits per heavy atom. The molecule has 0 nitrogen and oxygen atoms in total. The van der Waals surface area contributed by atoms with Gasteiger partial charge in [-0.1, -0.05) is 171 Å². The lowest BCUT2D eigenvalue weighted by Crippen LogP contribution is -2.29. The third kappa shape index (κ3) is 7.46. The highest BCUT2D eigenvalue weighted by Gasteiger charge is 2.41. The Balaban J connectivity index is 2.27. The van der Waals surface area contributed by atoms with Gasteiger partial charge in [-0.15, -0.1) is 0 Å². The van der Waals surface area contributed by atoms with E-state index in [1.54, 1.807) is 11.1 Å². The number of hydrogen-bond acceptors (Lipinski definition) is 0. The Morgan fingerprint density at radius 1 is 0.541 bits per heavy atom. The van der Waals surface area contributed by atoms with Crippen molar-refractivity contribution < 1.29 is 0 Å². The van der Waals surface area contributed by atoms with E-state index in [0.717, 1.165) is 0 Å². The van der Waals surface area contributed by atoms with E-state index in [1.165, 1.54) is 29.0 Å². The maximum atomic E-state index is 2.62. The normalized spacial score (nSPS) is 17.7. The molecule has 37 heavy (non-hydrogen) atoms. The average molecular weight is 535 g/mol. The van der Waals surface area contributed by atoms with E-state index >= 15 is 0 Å². The van der Waals surface area contributed by atoms with Crippen LogP contribution in [0.15, 0.2) is 77.9 Å². The Morgan fingerprint density at radius 3 is 1.38 bits per heavy atom. The molecule has 0 bridgehead atoms. The van der Waals surface area contributed by atoms with Gasteiger partial charge in [0.15, 0.2) is 0 Å². The minimum atomic E-state index is -0.251. The molecule has 2 heteroatoms. The van der Waals surface area contributed by atoms with Gasteiger partial charge in [0.05, 0.1) is 0 Å². The monoisotopic (exact) mass is 534 g/mol. The molecular weight excluding hydrogens is 482 g/mol. The summed E-state index contributed by atoms with van der Waals surface area (Å²) in [6.45, 7) is 29.6. The van der Waals surface area contributed by atoms with Crippen LogP contribution in [0.2, 0.25) is 0 Å². The van der Waals surface area contributed by atoms with E-state index in [-0.39, 0.29) is 15.8 Å². The van der Waals surface area contributed by atoms with Crippen LogP contribution in [0.1, 0.15) is 100 Å². The van der Waals surface area contributed by atoms with Crippen LogP contribution in [0.3, 0.4) is 0 Å². The Bertz CT molecular complexity index is 1070. The second-order valence-corrected chi connectivity index (χ2v) is 22.4. The second-order valence-electron chi connectivity index (χ2n) is 14.7. The van der Waals surface area contributed by atoms with Crippen molar-refractivity contribution in [2.24, 2.45) is 0 Å². The second kappa shape index (κ2) is 11.1. The van der Waals surface area contributed by atoms with Gasteiger partial charge in [-0.05, 0) is 55.2 Å². The maximum Gasteiger partial charge on any atom is 0.0314 e. The van der Waals surface area contributed by atoms with Crippen LogP contribution in [-0.2, 0) is 0 Å². The molecule has 0 spiro atoms. The van der Waals surface area contributed by atoms with Crippen molar-refractivity contribution in [1.82, 2.24) is 0 Å². The fraction of sp³-hybridized carbons (Fsp3) is 0.543. The molecule has 0 saturated heterocycles. The predicted molar refractivity (Wildman–Crippen MR) is 173 cm³/mol. The van der Waals surface area contributed by atoms with Crippen molar-refractivity contribution >= 4 is 21.4 Å². The molecule has 0 saturated carbocycles. The molecule has 3 rings (SSSR count). The summed E-state index contributed by atoms with van der Waals surface area (Å²) < 4.78 is 0. The van der Waals surface area contributed by atoms with Crippen molar-refractivity contribution in [3.63, 3.8) is 0 Å². The summed E-state index contributed by atoms with van der Waals surface area (Å²) >= 11 is 0. The van der Waals surface area contributed by atoms with E-state index < -0.39 is 0 Å². The fourth-order valence-electron chi connectivity index (χ4n) is 6.29. The first kappa shape index (κ1) is 30.3. The van der Waals surface area contributed by atoms with Crippen molar-refractivity contribution in [1.29, 1.82) is 0 Å². The smallest absolute Gasteiger partial charge is 0.0314 e. The van der Waals surface area contributed by atoms with Gasteiger partial charge in [0.1, 0.15) is 0 Å². The largest absolute Gasteiger partial charge is 0.0914 e. The topological polar surface area (TPSA) is 0 Å². The minimum absolute atomic E-state index is 0.233. The zero-order chi connectivity index (χ0) is 27.8. The van der Waals surface area contributed by atoms with Crippen LogP contribution < -0.4 is 0 Å². The molecule has 0 amide bonds. The van der Waals surface area contributed by atoms with Crippen LogP contribution in [-0.4, -0.2) is 32.9 Å². The zero-order valence-electron chi connectivity index (χ0n) is 25.7. The van der Waals surface area contributed by atoms with Gasteiger partial charge in [0, 0.05) is 5.92 Å². The standard InChI is InChI=1S/C35H52P2/c1-32(2,3)36(33(4,5)6)24-28-23-29(26-19-15-13-16-20-26)31(27-21-17-14-18-22-27)30(28)25-37(34(7,8)9)35(10,11)12/h13-23,31H,24-25H2,1-12H3. The summed E-state index contributed by atoms with van der Waals surface area (Å²) in [7, 11) is -0.483. The molecule has 0 N–H and O–H groups in total. The summed E-state index contributed by atoms with van der Waals surface area (Å²) in [5, 5.41) is 1.19. The molecule has 1 aliphatic carbocycles. The molecule has 2 aromatic carbocycles. The summed E-state index contributed by atoms with van der Waals surface area (Å²) in [5.74, 6) is 0.338. The van der Waals surface area contributed by atoms with Crippen molar-refractivity contribution in [3.8, 4) is 0 Å². The van der Waals surface area contributed by atoms with Gasteiger partial charge in [0.2, 0.25) is 0 Å². The molecule has 2 aromatic rings. The molecule has 202 valence electrons. The summed E-state index contributed by atoms with van der Waals surface area (Å²) in [5.41, 5.74) is 7.63. The van der Waals surface area contributed by atoms with Gasteiger partial charge in [-0.2, -0.15) is 0 Å². The summed E-state index contributed by atoms with van der Waals surface area (Å²) in [6.07, 6.45) is 5.03. The Kier molecular flexibility index (Phi) is 9.10. The first-order valence-corrected chi connectivity index (χ1v) is 17.1. The zero-order valence-corrected chi connectivity index (χ0v) is 27.5. The molecular formula is C35H52P2. The maximum absolute atomic E-state index is 2.62. The van der Waals surface area contributed by atoms with Gasteiger partial charge in [-0.25, -0.2) is 0 Å². The van der Waals surface area contributed by atoms with E-state index in [1.807, 2.05) is 0 Å². The van der Waals surface area contributed by atoms with Crippen LogP contribution in [0.4, 0.5) is 0 Å². The minimum Gasteiger partial charge on any atom is -0.0914 e. The van der Waals surface area contributed by atoms with E-state index in [0.29, 0.717) is 26.5 Å². The Hall–Kier alpha value is -1.22. The lowest BCUT2D eigenvalue weighted by atomic mass is 9.85. The first-order chi connectivity index (χ1) is 16.9. The van der Waals surface area contributed by atoms with Gasteiger partial charge >= 0.3 is 0 Å². The predicted octanol–water partition coefficient (Wildman–Crippen LogP) is 11.3. The van der Waals surface area contributed by atoms with Gasteiger partial charge < -0.3 is 0 Å². The molecule has 0 fully saturated rings. The van der Waals surface area contributed by atoms with Gasteiger partial charge in [-0.3, -0.25) is 0 Å². The number of rotatable bonds is 6. The molecule has 0 aliphatic heterocycles. The first-order valence-electron chi connectivity index (χ1n) is 14.0. The highest BCUT2D eigenvalue weighted by molar-refractivity contribution is 7.61. The summed E-state index contributed by atoms with van der Waals surface area (Å²) in [4.78, 5) is 0. The number of benzene rings is 2. The molecule has 1 aliphatic rings. The lowest BCUT2D eigenvalue weighted by Gasteiger charge is -2.44. The SMILES string of the molecule is CC(C)(C)P(CC1=C(CP(C(C)(C)C)C(C)(C)C)C(c2ccccc2)C(c2ccccc2)=C1)C(C)(C)C. The van der Waals surface area contributed by atoms with E-state index in [4.69, 9.17) is 0 Å². The average Bonchev–Trinajstić information content (AvgIpc) is 3.12. The lowest BCUT2D eigenvalue weighted by molar-refractivity contribution is 0.703. The van der Waals surface area contributed by atoms with E-state index in [2.05, 4.69) is 150 Å². The third-order valence-electron chi connectivity index (χ3n) is 7.54. The van der Waals surface area contributed by atoms with Gasteiger partial charge in [0.25, 0.3) is 0 Å². The molecule has 1 atom stereocenters. The molecule has 0 heterocycles. The Labute approximate surface area is 231 Å². The molecule has 0 radical (unpaired) electrons. The number of allylic oxidation sites excluding steroid dienone is 4.